The number of aliphatic hydroxyl groups is 1. The zero-order valence-electron chi connectivity index (χ0n) is 7.23. The number of benzene rings is 1. The number of thiazole rings is 1. The van der Waals surface area contributed by atoms with E-state index in [1.165, 1.54) is 0 Å². The fraction of sp³-hybridized carbons (Fsp3) is 0.111. The summed E-state index contributed by atoms with van der Waals surface area (Å²) in [6.45, 7) is -0.505. The van der Waals surface area contributed by atoms with Crippen LogP contribution in [0.2, 0.25) is 0 Å². The van der Waals surface area contributed by atoms with Crippen LogP contribution in [0.3, 0.4) is 0 Å². The van der Waals surface area contributed by atoms with Crippen molar-refractivity contribution in [3.05, 3.63) is 23.7 Å². The van der Waals surface area contributed by atoms with E-state index in [2.05, 4.69) is 10.3 Å². The standard InChI is InChI=1S/C9H8N2O2S/c12-4-9(13)11-6-1-2-8-7(3-6)10-5-14-8/h1-3,5,12H,4H2,(H,11,13). The van der Waals surface area contributed by atoms with Gasteiger partial charge < -0.3 is 10.4 Å². The summed E-state index contributed by atoms with van der Waals surface area (Å²) in [6.07, 6.45) is 0. The Morgan fingerprint density at radius 1 is 1.57 bits per heavy atom. The third kappa shape index (κ3) is 1.73. The molecule has 0 aliphatic carbocycles. The summed E-state index contributed by atoms with van der Waals surface area (Å²) in [5, 5.41) is 11.1. The zero-order valence-corrected chi connectivity index (χ0v) is 8.04. The molecular weight excluding hydrogens is 200 g/mol. The van der Waals surface area contributed by atoms with Gasteiger partial charge in [-0.15, -0.1) is 11.3 Å². The third-order valence-corrected chi connectivity index (χ3v) is 2.57. The van der Waals surface area contributed by atoms with Crippen molar-refractivity contribution in [1.29, 1.82) is 0 Å². The Labute approximate surface area is 84.2 Å². The van der Waals surface area contributed by atoms with Crippen LogP contribution in [0.1, 0.15) is 0 Å². The van der Waals surface area contributed by atoms with Crippen LogP contribution in [-0.4, -0.2) is 22.6 Å². The Kier molecular flexibility index (Phi) is 2.43. The van der Waals surface area contributed by atoms with Gasteiger partial charge in [-0.3, -0.25) is 4.79 Å². The second-order valence-corrected chi connectivity index (χ2v) is 3.63. The lowest BCUT2D eigenvalue weighted by atomic mass is 10.3. The monoisotopic (exact) mass is 208 g/mol. The van der Waals surface area contributed by atoms with Gasteiger partial charge in [0.05, 0.1) is 15.7 Å². The summed E-state index contributed by atoms with van der Waals surface area (Å²) in [4.78, 5) is 15.0. The summed E-state index contributed by atoms with van der Waals surface area (Å²) < 4.78 is 1.08. The number of aliphatic hydroxyl groups excluding tert-OH is 1. The first kappa shape index (κ1) is 9.11. The van der Waals surface area contributed by atoms with Crippen molar-refractivity contribution in [2.75, 3.05) is 11.9 Å². The fourth-order valence-corrected chi connectivity index (χ4v) is 1.79. The van der Waals surface area contributed by atoms with Gasteiger partial charge in [-0.1, -0.05) is 0 Å². The molecule has 0 fully saturated rings. The highest BCUT2D eigenvalue weighted by molar-refractivity contribution is 7.16. The molecule has 1 aromatic carbocycles. The third-order valence-electron chi connectivity index (χ3n) is 1.76. The smallest absolute Gasteiger partial charge is 0.250 e. The van der Waals surface area contributed by atoms with Gasteiger partial charge in [0.25, 0.3) is 0 Å². The molecular formula is C9H8N2O2S. The summed E-state index contributed by atoms with van der Waals surface area (Å²) in [5.74, 6) is -0.417. The highest BCUT2D eigenvalue weighted by Gasteiger charge is 2.01. The molecule has 0 saturated carbocycles. The molecule has 2 rings (SSSR count). The van der Waals surface area contributed by atoms with Crippen LogP contribution < -0.4 is 5.32 Å². The van der Waals surface area contributed by atoms with E-state index >= 15 is 0 Å². The number of amides is 1. The minimum absolute atomic E-state index is 0.417. The summed E-state index contributed by atoms with van der Waals surface area (Å²) in [7, 11) is 0. The predicted molar refractivity (Wildman–Crippen MR) is 55.3 cm³/mol. The van der Waals surface area contributed by atoms with E-state index in [4.69, 9.17) is 5.11 Å². The van der Waals surface area contributed by atoms with Crippen LogP contribution in [0.4, 0.5) is 5.69 Å². The molecule has 0 bridgehead atoms. The minimum Gasteiger partial charge on any atom is -0.387 e. The van der Waals surface area contributed by atoms with Crippen molar-refractivity contribution in [3.8, 4) is 0 Å². The average molecular weight is 208 g/mol. The van der Waals surface area contributed by atoms with Gasteiger partial charge in [0, 0.05) is 5.69 Å². The number of rotatable bonds is 2. The molecule has 0 aliphatic rings. The Bertz CT molecular complexity index is 467. The molecule has 14 heavy (non-hydrogen) atoms. The van der Waals surface area contributed by atoms with Gasteiger partial charge in [-0.05, 0) is 18.2 Å². The number of nitrogens with zero attached hydrogens (tertiary/aromatic N) is 1. The molecule has 1 aromatic heterocycles. The fourth-order valence-electron chi connectivity index (χ4n) is 1.14. The number of hydrogen-bond donors (Lipinski definition) is 2. The second kappa shape index (κ2) is 3.73. The van der Waals surface area contributed by atoms with Crippen LogP contribution in [0, 0.1) is 0 Å². The van der Waals surface area contributed by atoms with Gasteiger partial charge >= 0.3 is 0 Å². The maximum atomic E-state index is 10.9. The van der Waals surface area contributed by atoms with Gasteiger partial charge in [-0.2, -0.15) is 0 Å². The normalized spacial score (nSPS) is 10.4. The van der Waals surface area contributed by atoms with E-state index in [-0.39, 0.29) is 0 Å². The molecule has 0 radical (unpaired) electrons. The Morgan fingerprint density at radius 3 is 3.21 bits per heavy atom. The van der Waals surface area contributed by atoms with Crippen molar-refractivity contribution in [3.63, 3.8) is 0 Å². The molecule has 2 N–H and O–H groups in total. The number of carbonyl (C=O) groups is 1. The van der Waals surface area contributed by atoms with Crippen LogP contribution in [0.5, 0.6) is 0 Å². The van der Waals surface area contributed by atoms with Crippen LogP contribution in [0.15, 0.2) is 23.7 Å². The van der Waals surface area contributed by atoms with E-state index < -0.39 is 12.5 Å². The number of carbonyl (C=O) groups excluding carboxylic acids is 1. The summed E-state index contributed by atoms with van der Waals surface area (Å²) in [5.41, 5.74) is 3.26. The molecule has 72 valence electrons. The van der Waals surface area contributed by atoms with E-state index in [0.717, 1.165) is 10.2 Å². The van der Waals surface area contributed by atoms with Gasteiger partial charge in [-0.25, -0.2) is 4.98 Å². The Hall–Kier alpha value is -1.46. The number of aromatic nitrogens is 1. The van der Waals surface area contributed by atoms with E-state index in [0.29, 0.717) is 5.69 Å². The number of hydrogen-bond acceptors (Lipinski definition) is 4. The number of fused-ring (bicyclic) bond motifs is 1. The van der Waals surface area contributed by atoms with Crippen molar-refractivity contribution >= 4 is 33.1 Å². The quantitative estimate of drug-likeness (QED) is 0.780. The topological polar surface area (TPSA) is 62.2 Å². The molecule has 2 aromatic rings. The molecule has 0 unspecified atom stereocenters. The van der Waals surface area contributed by atoms with Gasteiger partial charge in [0.15, 0.2) is 0 Å². The average Bonchev–Trinajstić information content (AvgIpc) is 2.64. The number of nitrogens with one attached hydrogen (secondary N) is 1. The molecule has 0 spiro atoms. The molecule has 4 nitrogen and oxygen atoms in total. The molecule has 5 heteroatoms. The van der Waals surface area contributed by atoms with Crippen molar-refractivity contribution in [1.82, 2.24) is 4.98 Å². The van der Waals surface area contributed by atoms with E-state index in [9.17, 15) is 4.79 Å². The van der Waals surface area contributed by atoms with Crippen molar-refractivity contribution in [2.45, 2.75) is 0 Å². The van der Waals surface area contributed by atoms with Crippen LogP contribution in [-0.2, 0) is 4.79 Å². The van der Waals surface area contributed by atoms with Crippen LogP contribution >= 0.6 is 11.3 Å². The van der Waals surface area contributed by atoms with E-state index in [1.54, 1.807) is 29.0 Å². The lowest BCUT2D eigenvalue weighted by molar-refractivity contribution is -0.118. The first-order valence-corrected chi connectivity index (χ1v) is 4.91. The number of anilines is 1. The SMILES string of the molecule is O=C(CO)Nc1ccc2scnc2c1. The van der Waals surface area contributed by atoms with Crippen LogP contribution in [0.25, 0.3) is 10.2 Å². The molecule has 1 amide bonds. The Balaban J connectivity index is 2.30. The summed E-state index contributed by atoms with van der Waals surface area (Å²) in [6, 6.07) is 5.45. The molecule has 0 aliphatic heterocycles. The van der Waals surface area contributed by atoms with Gasteiger partial charge in [0.2, 0.25) is 5.91 Å². The highest BCUT2D eigenvalue weighted by atomic mass is 32.1. The largest absolute Gasteiger partial charge is 0.387 e. The highest BCUT2D eigenvalue weighted by Crippen LogP contribution is 2.21. The predicted octanol–water partition coefficient (Wildman–Crippen LogP) is 1.23. The second-order valence-electron chi connectivity index (χ2n) is 2.74. The first-order chi connectivity index (χ1) is 6.79. The maximum absolute atomic E-state index is 10.9. The van der Waals surface area contributed by atoms with Crippen molar-refractivity contribution in [2.24, 2.45) is 0 Å². The van der Waals surface area contributed by atoms with Crippen molar-refractivity contribution < 1.29 is 9.90 Å². The lowest BCUT2D eigenvalue weighted by Gasteiger charge is -2.01. The van der Waals surface area contributed by atoms with Gasteiger partial charge in [0.1, 0.15) is 6.61 Å². The first-order valence-electron chi connectivity index (χ1n) is 4.03. The summed E-state index contributed by atoms with van der Waals surface area (Å²) >= 11 is 1.55. The molecule has 0 saturated heterocycles. The molecule has 0 atom stereocenters. The van der Waals surface area contributed by atoms with E-state index in [1.807, 2.05) is 6.07 Å². The zero-order chi connectivity index (χ0) is 9.97. The molecule has 1 heterocycles. The lowest BCUT2D eigenvalue weighted by Crippen LogP contribution is -2.15. The minimum atomic E-state index is -0.505. The maximum Gasteiger partial charge on any atom is 0.250 e. The Morgan fingerprint density at radius 2 is 2.43 bits per heavy atom.